The van der Waals surface area contributed by atoms with Crippen LogP contribution in [0.25, 0.3) is 0 Å². The maximum atomic E-state index is 10.7. The lowest BCUT2D eigenvalue weighted by atomic mass is 9.54. The Hall–Kier alpha value is 0.180. The molecule has 0 aliphatic heterocycles. The minimum atomic E-state index is -0.193. The molecule has 0 unspecified atom stereocenters. The summed E-state index contributed by atoms with van der Waals surface area (Å²) in [6, 6.07) is 0. The molecule has 0 heterocycles. The molecule has 0 amide bonds. The van der Waals surface area contributed by atoms with Crippen molar-refractivity contribution in [3.8, 4) is 0 Å². The van der Waals surface area contributed by atoms with Gasteiger partial charge < -0.3 is 5.11 Å². The van der Waals surface area contributed by atoms with Crippen LogP contribution in [-0.2, 0) is 0 Å². The molecule has 2 heteroatoms. The molecule has 2 fully saturated rings. The zero-order valence-corrected chi connectivity index (χ0v) is 12.8. The van der Waals surface area contributed by atoms with Crippen molar-refractivity contribution in [2.24, 2.45) is 23.2 Å². The van der Waals surface area contributed by atoms with Crippen LogP contribution in [0.4, 0.5) is 0 Å². The van der Waals surface area contributed by atoms with Gasteiger partial charge in [0.15, 0.2) is 0 Å². The van der Waals surface area contributed by atoms with Gasteiger partial charge in [-0.25, -0.2) is 0 Å². The summed E-state index contributed by atoms with van der Waals surface area (Å²) in [5, 5.41) is 10.7. The first kappa shape index (κ1) is 13.6. The number of aliphatic hydroxyl groups excluding tert-OH is 1. The van der Waals surface area contributed by atoms with Gasteiger partial charge in [0.25, 0.3) is 0 Å². The summed E-state index contributed by atoms with van der Waals surface area (Å²) >= 11 is 3.85. The highest BCUT2D eigenvalue weighted by atomic mass is 79.9. The van der Waals surface area contributed by atoms with Crippen molar-refractivity contribution in [1.82, 2.24) is 0 Å². The van der Waals surface area contributed by atoms with Gasteiger partial charge in [0.1, 0.15) is 0 Å². The minimum Gasteiger partial charge on any atom is -0.392 e. The highest BCUT2D eigenvalue weighted by molar-refractivity contribution is 9.09. The van der Waals surface area contributed by atoms with Crippen molar-refractivity contribution in [2.45, 2.75) is 57.4 Å². The summed E-state index contributed by atoms with van der Waals surface area (Å²) in [6.07, 6.45) is 4.41. The number of hydrogen-bond acceptors (Lipinski definition) is 1. The Kier molecular flexibility index (Phi) is 3.76. The quantitative estimate of drug-likeness (QED) is 0.570. The lowest BCUT2D eigenvalue weighted by molar-refractivity contribution is -0.0631. The van der Waals surface area contributed by atoms with Crippen LogP contribution in [0, 0.1) is 23.2 Å². The van der Waals surface area contributed by atoms with Gasteiger partial charge in [-0.05, 0) is 42.9 Å². The second kappa shape index (κ2) is 4.70. The molecule has 0 bridgehead atoms. The first-order valence-corrected chi connectivity index (χ1v) is 7.79. The summed E-state index contributed by atoms with van der Waals surface area (Å²) in [5.41, 5.74) is 1.49. The molecule has 5 atom stereocenters. The van der Waals surface area contributed by atoms with Gasteiger partial charge in [0, 0.05) is 10.7 Å². The van der Waals surface area contributed by atoms with Crippen molar-refractivity contribution in [3.63, 3.8) is 0 Å². The molecule has 2 aliphatic rings. The van der Waals surface area contributed by atoms with E-state index in [0.717, 1.165) is 12.8 Å². The Morgan fingerprint density at radius 1 is 1.41 bits per heavy atom. The predicted molar refractivity (Wildman–Crippen MR) is 76.3 cm³/mol. The maximum absolute atomic E-state index is 10.7. The molecule has 0 radical (unpaired) electrons. The lowest BCUT2D eigenvalue weighted by Gasteiger charge is -2.54. The average Bonchev–Trinajstić information content (AvgIpc) is 2.23. The van der Waals surface area contributed by atoms with Gasteiger partial charge in [-0.1, -0.05) is 48.9 Å². The second-order valence-electron chi connectivity index (χ2n) is 6.59. The lowest BCUT2D eigenvalue weighted by Crippen LogP contribution is -2.53. The normalized spacial score (nSPS) is 47.1. The molecule has 2 aliphatic carbocycles. The summed E-state index contributed by atoms with van der Waals surface area (Å²) in [7, 11) is 0. The second-order valence-corrected chi connectivity index (χ2v) is 7.69. The molecule has 2 saturated carbocycles. The van der Waals surface area contributed by atoms with Crippen LogP contribution in [0.5, 0.6) is 0 Å². The Balaban J connectivity index is 2.29. The van der Waals surface area contributed by atoms with Crippen LogP contribution < -0.4 is 0 Å². The van der Waals surface area contributed by atoms with E-state index in [4.69, 9.17) is 0 Å². The zero-order valence-electron chi connectivity index (χ0n) is 11.2. The number of halogens is 1. The van der Waals surface area contributed by atoms with Gasteiger partial charge in [0.05, 0.1) is 6.10 Å². The van der Waals surface area contributed by atoms with Crippen molar-refractivity contribution < 1.29 is 5.11 Å². The van der Waals surface area contributed by atoms with Gasteiger partial charge in [0.2, 0.25) is 0 Å². The van der Waals surface area contributed by atoms with Gasteiger partial charge in [-0.2, -0.15) is 0 Å². The molecule has 0 aromatic carbocycles. The van der Waals surface area contributed by atoms with Gasteiger partial charge in [-0.15, -0.1) is 0 Å². The van der Waals surface area contributed by atoms with E-state index in [1.54, 1.807) is 0 Å². The van der Waals surface area contributed by atoms with Crippen LogP contribution >= 0.6 is 15.9 Å². The van der Waals surface area contributed by atoms with Crippen LogP contribution in [0.1, 0.15) is 46.5 Å². The third kappa shape index (κ3) is 2.12. The summed E-state index contributed by atoms with van der Waals surface area (Å²) in [5.74, 6) is 1.31. The standard InChI is InChI=1S/C15H25BrO/c1-9(2)11-7-8-15(4)12(16)6-5-10(3)13(15)14(11)17/h9,11-14,17H,3,5-8H2,1-2,4H3/t11-,12-,13+,14-,15+/m0/s1. The van der Waals surface area contributed by atoms with Crippen molar-refractivity contribution in [1.29, 1.82) is 0 Å². The average molecular weight is 301 g/mol. The highest BCUT2D eigenvalue weighted by Crippen LogP contribution is 2.56. The molecule has 0 aromatic rings. The number of alkyl halides is 1. The van der Waals surface area contributed by atoms with E-state index in [-0.39, 0.29) is 11.5 Å². The number of aliphatic hydroxyl groups is 1. The zero-order chi connectivity index (χ0) is 12.8. The fraction of sp³-hybridized carbons (Fsp3) is 0.867. The van der Waals surface area contributed by atoms with Crippen LogP contribution in [0.15, 0.2) is 12.2 Å². The van der Waals surface area contributed by atoms with Gasteiger partial charge in [-0.3, -0.25) is 0 Å². The summed E-state index contributed by atoms with van der Waals surface area (Å²) < 4.78 is 0. The van der Waals surface area contributed by atoms with E-state index in [1.807, 2.05) is 0 Å². The number of rotatable bonds is 1. The monoisotopic (exact) mass is 300 g/mol. The Morgan fingerprint density at radius 2 is 2.06 bits per heavy atom. The smallest absolute Gasteiger partial charge is 0.0641 e. The number of hydrogen-bond donors (Lipinski definition) is 1. The fourth-order valence-electron chi connectivity index (χ4n) is 4.03. The molecule has 0 saturated heterocycles. The molecular formula is C15H25BrO. The SMILES string of the molecule is C=C1CC[C@H](Br)[C@@]2(C)CC[C@@H](C(C)C)[C@H](O)[C@@H]12. The molecule has 98 valence electrons. The Labute approximate surface area is 114 Å². The minimum absolute atomic E-state index is 0.193. The summed E-state index contributed by atoms with van der Waals surface area (Å²) in [4.78, 5) is 0.535. The molecular weight excluding hydrogens is 276 g/mol. The van der Waals surface area contributed by atoms with Crippen molar-refractivity contribution >= 4 is 15.9 Å². The van der Waals surface area contributed by atoms with Gasteiger partial charge >= 0.3 is 0 Å². The Bertz CT molecular complexity index is 312. The fourth-order valence-corrected chi connectivity index (χ4v) is 4.77. The topological polar surface area (TPSA) is 20.2 Å². The molecule has 0 aromatic heterocycles. The molecule has 2 rings (SSSR count). The summed E-state index contributed by atoms with van der Waals surface area (Å²) in [6.45, 7) is 11.0. The predicted octanol–water partition coefficient (Wildman–Crippen LogP) is 4.15. The highest BCUT2D eigenvalue weighted by Gasteiger charge is 2.52. The Morgan fingerprint density at radius 3 is 2.65 bits per heavy atom. The van der Waals surface area contributed by atoms with E-state index >= 15 is 0 Å². The van der Waals surface area contributed by atoms with E-state index in [1.165, 1.54) is 18.4 Å². The van der Waals surface area contributed by atoms with Crippen molar-refractivity contribution in [3.05, 3.63) is 12.2 Å². The molecule has 17 heavy (non-hydrogen) atoms. The van der Waals surface area contributed by atoms with Crippen LogP contribution in [0.3, 0.4) is 0 Å². The first-order chi connectivity index (χ1) is 7.88. The third-order valence-corrected chi connectivity index (χ3v) is 6.74. The first-order valence-electron chi connectivity index (χ1n) is 6.87. The van der Waals surface area contributed by atoms with E-state index in [2.05, 4.69) is 43.3 Å². The van der Waals surface area contributed by atoms with E-state index in [0.29, 0.717) is 22.6 Å². The molecule has 1 nitrogen and oxygen atoms in total. The molecule has 1 N–H and O–H groups in total. The van der Waals surface area contributed by atoms with E-state index < -0.39 is 0 Å². The van der Waals surface area contributed by atoms with Crippen LogP contribution in [0.2, 0.25) is 0 Å². The van der Waals surface area contributed by atoms with E-state index in [9.17, 15) is 5.11 Å². The maximum Gasteiger partial charge on any atom is 0.0641 e. The van der Waals surface area contributed by atoms with Crippen molar-refractivity contribution in [2.75, 3.05) is 0 Å². The van der Waals surface area contributed by atoms with Crippen LogP contribution in [-0.4, -0.2) is 16.0 Å². The molecule has 0 spiro atoms. The number of fused-ring (bicyclic) bond motifs is 1. The third-order valence-electron chi connectivity index (χ3n) is 5.24. The largest absolute Gasteiger partial charge is 0.392 e.